The Morgan fingerprint density at radius 1 is 1.44 bits per heavy atom. The molecule has 3 heterocycles. The maximum absolute atomic E-state index is 5.65. The molecule has 2 N–H and O–H groups in total. The highest BCUT2D eigenvalue weighted by molar-refractivity contribution is 7.18. The van der Waals surface area contributed by atoms with Crippen molar-refractivity contribution in [3.05, 3.63) is 34.8 Å². The van der Waals surface area contributed by atoms with Gasteiger partial charge in [0.2, 0.25) is 0 Å². The van der Waals surface area contributed by atoms with Gasteiger partial charge < -0.3 is 5.73 Å². The predicted molar refractivity (Wildman–Crippen MR) is 69.1 cm³/mol. The smallest absolute Gasteiger partial charge is 0.194 e. The Morgan fingerprint density at radius 3 is 3.12 bits per heavy atom. The highest BCUT2D eigenvalue weighted by Gasteiger charge is 2.14. The Bertz CT molecular complexity index is 592. The summed E-state index contributed by atoms with van der Waals surface area (Å²) in [5, 5.41) is 2.10. The summed E-state index contributed by atoms with van der Waals surface area (Å²) in [6.07, 6.45) is 4.78. The largest absolute Gasteiger partial charge is 0.330 e. The van der Waals surface area contributed by atoms with Gasteiger partial charge in [0, 0.05) is 17.3 Å². The fourth-order valence-corrected chi connectivity index (χ4v) is 3.77. The van der Waals surface area contributed by atoms with E-state index in [1.807, 2.05) is 12.4 Å². The molecule has 0 aliphatic heterocycles. The van der Waals surface area contributed by atoms with Crippen LogP contribution in [0.1, 0.15) is 4.88 Å². The van der Waals surface area contributed by atoms with Gasteiger partial charge in [-0.3, -0.25) is 4.40 Å². The molecule has 5 heteroatoms. The van der Waals surface area contributed by atoms with Crippen molar-refractivity contribution in [2.45, 2.75) is 6.42 Å². The van der Waals surface area contributed by atoms with Crippen LogP contribution in [0.4, 0.5) is 0 Å². The van der Waals surface area contributed by atoms with Crippen LogP contribution in [0.15, 0.2) is 29.9 Å². The lowest BCUT2D eigenvalue weighted by Crippen LogP contribution is -2.02. The lowest BCUT2D eigenvalue weighted by Gasteiger charge is -2.00. The number of aromatic nitrogens is 2. The summed E-state index contributed by atoms with van der Waals surface area (Å²) in [6, 6.07) is 4.22. The van der Waals surface area contributed by atoms with E-state index >= 15 is 0 Å². The molecule has 3 rings (SSSR count). The first-order valence-electron chi connectivity index (χ1n) is 5.09. The molecule has 0 amide bonds. The first kappa shape index (κ1) is 10.0. The summed E-state index contributed by atoms with van der Waals surface area (Å²) in [4.78, 5) is 8.00. The molecule has 0 aliphatic rings. The molecular weight excluding hydrogens is 238 g/mol. The molecule has 0 saturated heterocycles. The van der Waals surface area contributed by atoms with Crippen molar-refractivity contribution in [3.8, 4) is 10.6 Å². The molecule has 0 atom stereocenters. The lowest BCUT2D eigenvalue weighted by molar-refractivity contribution is 0.982. The topological polar surface area (TPSA) is 43.3 Å². The molecule has 82 valence electrons. The van der Waals surface area contributed by atoms with E-state index in [0.717, 1.165) is 11.4 Å². The predicted octanol–water partition coefficient (Wildman–Crippen LogP) is 2.63. The second-order valence-corrected chi connectivity index (χ2v) is 5.48. The summed E-state index contributed by atoms with van der Waals surface area (Å²) in [5.74, 6) is 0. The quantitative estimate of drug-likeness (QED) is 0.775. The molecule has 0 saturated carbocycles. The first-order chi connectivity index (χ1) is 7.90. The standard InChI is InChI=1S/C11H11N3S2/c12-4-3-9-10(8-2-1-7-15-8)14-6-5-13-11(14)16-9/h1-2,5-7H,3-4,12H2. The zero-order chi connectivity index (χ0) is 11.0. The average Bonchev–Trinajstić information content (AvgIpc) is 2.91. The molecular formula is C11H11N3S2. The normalized spacial score (nSPS) is 11.3. The van der Waals surface area contributed by atoms with Crippen molar-refractivity contribution in [3.63, 3.8) is 0 Å². The highest BCUT2D eigenvalue weighted by Crippen LogP contribution is 2.34. The van der Waals surface area contributed by atoms with Gasteiger partial charge in [0.05, 0.1) is 10.6 Å². The van der Waals surface area contributed by atoms with E-state index in [0.29, 0.717) is 6.54 Å². The van der Waals surface area contributed by atoms with Crippen LogP contribution in [-0.2, 0) is 6.42 Å². The van der Waals surface area contributed by atoms with E-state index in [4.69, 9.17) is 5.73 Å². The molecule has 0 fully saturated rings. The molecule has 0 bridgehead atoms. The molecule has 0 aromatic carbocycles. The van der Waals surface area contributed by atoms with E-state index in [1.54, 1.807) is 22.7 Å². The van der Waals surface area contributed by atoms with Crippen molar-refractivity contribution in [1.29, 1.82) is 0 Å². The minimum Gasteiger partial charge on any atom is -0.330 e. The molecule has 3 aromatic heterocycles. The van der Waals surface area contributed by atoms with Crippen molar-refractivity contribution in [2.24, 2.45) is 5.73 Å². The van der Waals surface area contributed by atoms with Gasteiger partial charge in [0.15, 0.2) is 4.96 Å². The number of hydrogen-bond donors (Lipinski definition) is 1. The average molecular weight is 249 g/mol. The Kier molecular flexibility index (Phi) is 2.51. The highest BCUT2D eigenvalue weighted by atomic mass is 32.1. The Morgan fingerprint density at radius 2 is 2.38 bits per heavy atom. The number of nitrogens with zero attached hydrogens (tertiary/aromatic N) is 2. The number of hydrogen-bond acceptors (Lipinski definition) is 4. The number of rotatable bonds is 3. The number of thiophene rings is 1. The SMILES string of the molecule is NCCc1sc2nccn2c1-c1cccs1. The minimum atomic E-state index is 0.683. The van der Waals surface area contributed by atoms with Gasteiger partial charge >= 0.3 is 0 Å². The summed E-state index contributed by atoms with van der Waals surface area (Å²) >= 11 is 3.49. The minimum absolute atomic E-state index is 0.683. The van der Waals surface area contributed by atoms with Gasteiger partial charge in [-0.05, 0) is 24.4 Å². The van der Waals surface area contributed by atoms with Crippen LogP contribution in [-0.4, -0.2) is 15.9 Å². The zero-order valence-electron chi connectivity index (χ0n) is 8.59. The van der Waals surface area contributed by atoms with E-state index in [-0.39, 0.29) is 0 Å². The molecule has 0 spiro atoms. The zero-order valence-corrected chi connectivity index (χ0v) is 10.2. The van der Waals surface area contributed by atoms with E-state index < -0.39 is 0 Å². The van der Waals surface area contributed by atoms with Crippen LogP contribution in [0.3, 0.4) is 0 Å². The molecule has 0 radical (unpaired) electrons. The third-order valence-corrected chi connectivity index (χ3v) is 4.46. The lowest BCUT2D eigenvalue weighted by atomic mass is 10.2. The van der Waals surface area contributed by atoms with Crippen LogP contribution in [0.5, 0.6) is 0 Å². The third-order valence-electron chi connectivity index (χ3n) is 2.45. The van der Waals surface area contributed by atoms with E-state index in [2.05, 4.69) is 26.9 Å². The van der Waals surface area contributed by atoms with E-state index in [1.165, 1.54) is 15.4 Å². The maximum atomic E-state index is 5.65. The van der Waals surface area contributed by atoms with Crippen molar-refractivity contribution >= 4 is 27.6 Å². The van der Waals surface area contributed by atoms with Crippen LogP contribution in [0.25, 0.3) is 15.5 Å². The third kappa shape index (κ3) is 1.48. The van der Waals surface area contributed by atoms with Crippen LogP contribution < -0.4 is 5.73 Å². The van der Waals surface area contributed by atoms with Crippen LogP contribution in [0.2, 0.25) is 0 Å². The van der Waals surface area contributed by atoms with Gasteiger partial charge in [-0.2, -0.15) is 0 Å². The molecule has 16 heavy (non-hydrogen) atoms. The van der Waals surface area contributed by atoms with Crippen molar-refractivity contribution in [2.75, 3.05) is 6.54 Å². The fraction of sp³-hybridized carbons (Fsp3) is 0.182. The van der Waals surface area contributed by atoms with Crippen molar-refractivity contribution < 1.29 is 0 Å². The Hall–Kier alpha value is -1.17. The molecule has 3 aromatic rings. The molecule has 0 aliphatic carbocycles. The van der Waals surface area contributed by atoms with Gasteiger partial charge in [-0.25, -0.2) is 4.98 Å². The number of fused-ring (bicyclic) bond motifs is 1. The molecule has 3 nitrogen and oxygen atoms in total. The Balaban J connectivity index is 2.25. The second kappa shape index (κ2) is 4.01. The summed E-state index contributed by atoms with van der Waals surface area (Å²) in [7, 11) is 0. The molecule has 0 unspecified atom stereocenters. The maximum Gasteiger partial charge on any atom is 0.194 e. The van der Waals surface area contributed by atoms with Gasteiger partial charge in [-0.15, -0.1) is 22.7 Å². The van der Waals surface area contributed by atoms with Crippen LogP contribution >= 0.6 is 22.7 Å². The monoisotopic (exact) mass is 249 g/mol. The second-order valence-electron chi connectivity index (χ2n) is 3.47. The summed E-state index contributed by atoms with van der Waals surface area (Å²) < 4.78 is 2.15. The number of imidazole rings is 1. The van der Waals surface area contributed by atoms with Gasteiger partial charge in [0.1, 0.15) is 0 Å². The van der Waals surface area contributed by atoms with Gasteiger partial charge in [-0.1, -0.05) is 6.07 Å². The number of nitrogens with two attached hydrogens (primary N) is 1. The first-order valence-corrected chi connectivity index (χ1v) is 6.78. The summed E-state index contributed by atoms with van der Waals surface area (Å²) in [6.45, 7) is 0.683. The summed E-state index contributed by atoms with van der Waals surface area (Å²) in [5.41, 5.74) is 6.92. The number of thiazole rings is 1. The van der Waals surface area contributed by atoms with Crippen LogP contribution in [0, 0.1) is 0 Å². The van der Waals surface area contributed by atoms with Gasteiger partial charge in [0.25, 0.3) is 0 Å². The van der Waals surface area contributed by atoms with Crippen molar-refractivity contribution in [1.82, 2.24) is 9.38 Å². The fourth-order valence-electron chi connectivity index (χ4n) is 1.80. The Labute approximate surface area is 101 Å². The van der Waals surface area contributed by atoms with E-state index in [9.17, 15) is 0 Å².